The predicted octanol–water partition coefficient (Wildman–Crippen LogP) is 4.93. The van der Waals surface area contributed by atoms with E-state index in [0.717, 1.165) is 15.9 Å². The summed E-state index contributed by atoms with van der Waals surface area (Å²) in [5, 5.41) is 4.10. The molecule has 0 heterocycles. The second-order valence-electron chi connectivity index (χ2n) is 4.77. The minimum Gasteiger partial charge on any atom is -0.273 e. The molecule has 1 aliphatic rings. The molecule has 0 aromatic heterocycles. The van der Waals surface area contributed by atoms with Gasteiger partial charge >= 0.3 is 26.2 Å². The second kappa shape index (κ2) is 12.1. The van der Waals surface area contributed by atoms with Crippen molar-refractivity contribution in [1.29, 1.82) is 0 Å². The average molecular weight is 392 g/mol. The van der Waals surface area contributed by atoms with Gasteiger partial charge in [0.05, 0.1) is 9.52 Å². The van der Waals surface area contributed by atoms with Gasteiger partial charge < -0.3 is 0 Å². The van der Waals surface area contributed by atoms with E-state index < -0.39 is 0 Å². The Kier molecular flexibility index (Phi) is 10.4. The molecule has 0 aliphatic heterocycles. The van der Waals surface area contributed by atoms with Crippen LogP contribution in [-0.4, -0.2) is 9.52 Å². The summed E-state index contributed by atoms with van der Waals surface area (Å²) < 4.78 is 0. The molecular formula is C21H20SiZr. The molecule has 0 saturated carbocycles. The molecule has 0 unspecified atom stereocenters. The fourth-order valence-corrected chi connectivity index (χ4v) is 2.54. The molecule has 0 nitrogen and oxygen atoms in total. The van der Waals surface area contributed by atoms with Crippen LogP contribution >= 0.6 is 0 Å². The Labute approximate surface area is 161 Å². The van der Waals surface area contributed by atoms with Gasteiger partial charge in [0.1, 0.15) is 0 Å². The van der Waals surface area contributed by atoms with Gasteiger partial charge in [-0.25, -0.2) is 12.2 Å². The monoisotopic (exact) mass is 390 g/mol. The largest absolute Gasteiger partial charge is 2.00 e. The number of rotatable bonds is 1. The molecule has 0 N–H and O–H groups in total. The molecule has 3 aromatic carbocycles. The van der Waals surface area contributed by atoms with Gasteiger partial charge in [-0.15, -0.1) is 36.1 Å². The molecule has 2 radical (unpaired) electrons. The van der Waals surface area contributed by atoms with Gasteiger partial charge in [0, 0.05) is 0 Å². The zero-order valence-corrected chi connectivity index (χ0v) is 16.8. The molecular weight excluding hydrogens is 372 g/mol. The first-order valence-corrected chi connectivity index (χ1v) is 8.95. The van der Waals surface area contributed by atoms with Crippen molar-refractivity contribution in [2.45, 2.75) is 13.0 Å². The summed E-state index contributed by atoms with van der Waals surface area (Å²) in [6, 6.07) is 25.2. The molecule has 112 valence electrons. The Hall–Kier alpha value is -1.37. The molecule has 0 spiro atoms. The van der Waals surface area contributed by atoms with E-state index in [1.54, 1.807) is 0 Å². The van der Waals surface area contributed by atoms with Crippen molar-refractivity contribution in [3.05, 3.63) is 97.1 Å². The third-order valence-corrected chi connectivity index (χ3v) is 4.11. The van der Waals surface area contributed by atoms with E-state index in [1.807, 2.05) is 18.2 Å². The van der Waals surface area contributed by atoms with Crippen molar-refractivity contribution < 1.29 is 26.2 Å². The number of fused-ring (bicyclic) bond motifs is 1. The minimum absolute atomic E-state index is 0. The Bertz CT molecular complexity index is 671. The van der Waals surface area contributed by atoms with Crippen molar-refractivity contribution >= 4 is 25.5 Å². The van der Waals surface area contributed by atoms with Gasteiger partial charge in [0.15, 0.2) is 0 Å². The molecule has 1 aliphatic carbocycles. The zero-order valence-electron chi connectivity index (χ0n) is 13.4. The van der Waals surface area contributed by atoms with Crippen molar-refractivity contribution in [1.82, 2.24) is 0 Å². The van der Waals surface area contributed by atoms with Crippen molar-refractivity contribution in [3.8, 4) is 0 Å². The first-order valence-electron chi connectivity index (χ1n) is 7.45. The van der Waals surface area contributed by atoms with Crippen molar-refractivity contribution in [2.24, 2.45) is 0 Å². The van der Waals surface area contributed by atoms with E-state index >= 15 is 0 Å². The van der Waals surface area contributed by atoms with Crippen LogP contribution in [-0.2, 0) is 26.2 Å². The molecule has 23 heavy (non-hydrogen) atoms. The van der Waals surface area contributed by atoms with E-state index in [0.29, 0.717) is 0 Å². The van der Waals surface area contributed by atoms with Crippen molar-refractivity contribution in [3.63, 3.8) is 0 Å². The van der Waals surface area contributed by atoms with Gasteiger partial charge in [0.2, 0.25) is 0 Å². The van der Waals surface area contributed by atoms with Crippen LogP contribution in [0.1, 0.15) is 6.42 Å². The van der Waals surface area contributed by atoms with Crippen molar-refractivity contribution in [2.75, 3.05) is 0 Å². The molecule has 0 fully saturated rings. The maximum absolute atomic E-state index is 2.99. The number of benzene rings is 2. The van der Waals surface area contributed by atoms with Crippen LogP contribution in [0.4, 0.5) is 0 Å². The first-order chi connectivity index (χ1) is 10.9. The minimum atomic E-state index is 0. The number of hydrogen-bond donors (Lipinski definition) is 0. The molecule has 2 heteroatoms. The topological polar surface area (TPSA) is 0 Å². The van der Waals surface area contributed by atoms with Crippen LogP contribution in [0.2, 0.25) is 6.55 Å². The Morgan fingerprint density at radius 1 is 0.957 bits per heavy atom. The molecule has 0 bridgehead atoms. The molecule has 0 saturated heterocycles. The quantitative estimate of drug-likeness (QED) is 0.408. The molecule has 0 amide bonds. The number of allylic oxidation sites excluding steroid dienone is 4. The Balaban J connectivity index is 0.000000175. The Morgan fingerprint density at radius 3 is 2.22 bits per heavy atom. The van der Waals surface area contributed by atoms with Gasteiger partial charge in [-0.05, 0) is 0 Å². The standard InChI is InChI=1S/C9H7.C7H8Si.C5H5.Zr/c1-2-5-9-7-3-6-8(9)4-1;1-8-7-5-3-2-4-6-7;1-2-4-5-3-1;/h1-7H;2-6H,1H3;1-3H,4H2;/q-1;;-1;+2. The Morgan fingerprint density at radius 2 is 1.70 bits per heavy atom. The van der Waals surface area contributed by atoms with Gasteiger partial charge in [-0.3, -0.25) is 6.08 Å². The van der Waals surface area contributed by atoms with E-state index in [-0.39, 0.29) is 26.2 Å². The third-order valence-electron chi connectivity index (χ3n) is 3.20. The molecule has 4 rings (SSSR count). The van der Waals surface area contributed by atoms with E-state index in [2.05, 4.69) is 85.4 Å². The molecule has 3 aromatic rings. The fourth-order valence-electron chi connectivity index (χ4n) is 2.01. The van der Waals surface area contributed by atoms with E-state index in [1.165, 1.54) is 16.0 Å². The first kappa shape index (κ1) is 19.7. The van der Waals surface area contributed by atoms with Crippen LogP contribution in [0.5, 0.6) is 0 Å². The van der Waals surface area contributed by atoms with Gasteiger partial charge in [-0.1, -0.05) is 48.1 Å². The van der Waals surface area contributed by atoms with E-state index in [4.69, 9.17) is 0 Å². The normalized spacial score (nSPS) is 11.0. The smallest absolute Gasteiger partial charge is 0.273 e. The van der Waals surface area contributed by atoms with E-state index in [9.17, 15) is 0 Å². The third kappa shape index (κ3) is 7.63. The van der Waals surface area contributed by atoms with Gasteiger partial charge in [-0.2, -0.15) is 23.6 Å². The van der Waals surface area contributed by atoms with Crippen LogP contribution in [0.25, 0.3) is 10.8 Å². The summed E-state index contributed by atoms with van der Waals surface area (Å²) in [7, 11) is 0.930. The second-order valence-corrected chi connectivity index (χ2v) is 5.85. The maximum atomic E-state index is 2.99. The van der Waals surface area contributed by atoms with Gasteiger partial charge in [0.25, 0.3) is 0 Å². The summed E-state index contributed by atoms with van der Waals surface area (Å²) in [6.07, 6.45) is 10.0. The summed E-state index contributed by atoms with van der Waals surface area (Å²) >= 11 is 0. The molecule has 0 atom stereocenters. The summed E-state index contributed by atoms with van der Waals surface area (Å²) in [5.74, 6) is 0. The maximum Gasteiger partial charge on any atom is 2.00 e. The van der Waals surface area contributed by atoms with Crippen LogP contribution in [0.3, 0.4) is 0 Å². The van der Waals surface area contributed by atoms with Crippen LogP contribution in [0.15, 0.2) is 91.0 Å². The fraction of sp³-hybridized carbons (Fsp3) is 0.0952. The average Bonchev–Trinajstić information content (AvgIpc) is 3.30. The number of hydrogen-bond acceptors (Lipinski definition) is 0. The predicted molar refractivity (Wildman–Crippen MR) is 98.8 cm³/mol. The SMILES string of the molecule is C[Si]c1ccccc1.[C-]1=CC=CC1.[Zr+2].c1ccc2[cH-]ccc2c1. The summed E-state index contributed by atoms with van der Waals surface area (Å²) in [6.45, 7) is 2.19. The zero-order chi connectivity index (χ0) is 15.5. The van der Waals surface area contributed by atoms with Crippen LogP contribution in [0, 0.1) is 6.08 Å². The van der Waals surface area contributed by atoms with Crippen LogP contribution < -0.4 is 5.19 Å². The summed E-state index contributed by atoms with van der Waals surface area (Å²) in [4.78, 5) is 0. The summed E-state index contributed by atoms with van der Waals surface area (Å²) in [5.41, 5.74) is 0.